The summed E-state index contributed by atoms with van der Waals surface area (Å²) in [6, 6.07) is 12.0. The predicted molar refractivity (Wildman–Crippen MR) is 189 cm³/mol. The Kier molecular flexibility index (Phi) is 12.0. The van der Waals surface area contributed by atoms with Crippen molar-refractivity contribution in [2.75, 3.05) is 64.4 Å². The molecule has 0 bridgehead atoms. The van der Waals surface area contributed by atoms with Crippen LogP contribution in [0.4, 0.5) is 27.4 Å². The maximum atomic E-state index is 13.9. The van der Waals surface area contributed by atoms with E-state index in [1.165, 1.54) is 37.1 Å². The number of aromatic nitrogens is 4. The van der Waals surface area contributed by atoms with E-state index in [2.05, 4.69) is 29.9 Å². The van der Waals surface area contributed by atoms with Gasteiger partial charge < -0.3 is 24.6 Å². The molecule has 252 valence electrons. The molecule has 4 rings (SSSR count). The second kappa shape index (κ2) is 15.7. The van der Waals surface area contributed by atoms with E-state index in [1.807, 2.05) is 41.8 Å². The molecule has 0 aliphatic heterocycles. The number of benzene rings is 2. The molecule has 0 unspecified atom stereocenters. The normalized spacial score (nSPS) is 11.6. The van der Waals surface area contributed by atoms with Gasteiger partial charge in [0, 0.05) is 58.7 Å². The van der Waals surface area contributed by atoms with Crippen molar-refractivity contribution >= 4 is 42.8 Å². The summed E-state index contributed by atoms with van der Waals surface area (Å²) < 4.78 is 27.7. The average molecular weight is 683 g/mol. The maximum absolute atomic E-state index is 13.9. The van der Waals surface area contributed by atoms with E-state index in [0.29, 0.717) is 59.1 Å². The SMILES string of the molecule is COc1cc(N(C)CCN(C)C)c([N+](=O)[O-])cc1Nc1nccc(-c2c(-c3ccc(F)cc3)nc(SC)n2COCC[Si](C)(C)C)n1. The Labute approximate surface area is 280 Å². The van der Waals surface area contributed by atoms with Gasteiger partial charge in [-0.05, 0) is 56.7 Å². The number of hydrogen-bond acceptors (Lipinski definition) is 11. The first-order chi connectivity index (χ1) is 22.3. The number of hydrogen-bond donors (Lipinski definition) is 1. The van der Waals surface area contributed by atoms with Crippen molar-refractivity contribution < 1.29 is 18.8 Å². The van der Waals surface area contributed by atoms with Crippen LogP contribution in [0.25, 0.3) is 22.6 Å². The minimum absolute atomic E-state index is 0.0811. The first kappa shape index (κ1) is 35.8. The predicted octanol–water partition coefficient (Wildman–Crippen LogP) is 6.84. The Morgan fingerprint density at radius 1 is 1.09 bits per heavy atom. The first-order valence-electron chi connectivity index (χ1n) is 15.1. The molecule has 0 fully saturated rings. The molecule has 0 aliphatic rings. The van der Waals surface area contributed by atoms with E-state index < -0.39 is 13.0 Å². The van der Waals surface area contributed by atoms with E-state index in [0.717, 1.165) is 11.6 Å². The molecule has 15 heteroatoms. The zero-order valence-corrected chi connectivity index (χ0v) is 30.0. The molecule has 4 aromatic rings. The van der Waals surface area contributed by atoms with Gasteiger partial charge in [0.15, 0.2) is 5.16 Å². The number of likely N-dealkylation sites (N-methyl/N-ethyl adjacent to an activating group) is 2. The number of thioether (sulfide) groups is 1. The van der Waals surface area contributed by atoms with Crippen LogP contribution in [0.15, 0.2) is 53.8 Å². The number of halogens is 1. The largest absolute Gasteiger partial charge is 0.494 e. The minimum Gasteiger partial charge on any atom is -0.494 e. The van der Waals surface area contributed by atoms with Gasteiger partial charge in [0.25, 0.3) is 5.69 Å². The summed E-state index contributed by atoms with van der Waals surface area (Å²) >= 11 is 1.47. The van der Waals surface area contributed by atoms with Crippen LogP contribution in [-0.4, -0.2) is 91.6 Å². The molecule has 47 heavy (non-hydrogen) atoms. The molecule has 0 saturated carbocycles. The van der Waals surface area contributed by atoms with Crippen molar-refractivity contribution in [3.63, 3.8) is 0 Å². The molecule has 0 spiro atoms. The van der Waals surface area contributed by atoms with E-state index in [1.54, 1.807) is 30.5 Å². The topological polar surface area (TPSA) is 124 Å². The Morgan fingerprint density at radius 2 is 1.81 bits per heavy atom. The lowest BCUT2D eigenvalue weighted by Crippen LogP contribution is -2.28. The fraction of sp³-hybridized carbons (Fsp3) is 0.406. The van der Waals surface area contributed by atoms with E-state index >= 15 is 0 Å². The van der Waals surface area contributed by atoms with Gasteiger partial charge in [-0.15, -0.1) is 0 Å². The van der Waals surface area contributed by atoms with Gasteiger partial charge in [0.1, 0.15) is 24.0 Å². The number of nitrogens with one attached hydrogen (secondary N) is 1. The summed E-state index contributed by atoms with van der Waals surface area (Å²) in [6.45, 7) is 9.06. The molecule has 0 radical (unpaired) electrons. The Hall–Kier alpha value is -4.05. The van der Waals surface area contributed by atoms with Gasteiger partial charge in [0.2, 0.25) is 5.95 Å². The van der Waals surface area contributed by atoms with Crippen molar-refractivity contribution in [3.8, 4) is 28.4 Å². The number of rotatable bonds is 16. The van der Waals surface area contributed by atoms with Gasteiger partial charge in [-0.2, -0.15) is 0 Å². The van der Waals surface area contributed by atoms with Crippen LogP contribution in [0, 0.1) is 15.9 Å². The van der Waals surface area contributed by atoms with Crippen LogP contribution >= 0.6 is 11.8 Å². The molecular formula is C32H43FN8O4SSi. The molecular weight excluding hydrogens is 640 g/mol. The summed E-state index contributed by atoms with van der Waals surface area (Å²) in [7, 11) is 5.90. The number of nitro groups is 1. The number of anilines is 3. The summed E-state index contributed by atoms with van der Waals surface area (Å²) in [6.07, 6.45) is 3.54. The van der Waals surface area contributed by atoms with Gasteiger partial charge in [0.05, 0.1) is 34.8 Å². The highest BCUT2D eigenvalue weighted by molar-refractivity contribution is 7.98. The molecule has 0 saturated heterocycles. The summed E-state index contributed by atoms with van der Waals surface area (Å²) in [5.74, 6) is 0.252. The maximum Gasteiger partial charge on any atom is 0.294 e. The number of ether oxygens (including phenoxy) is 2. The first-order valence-corrected chi connectivity index (χ1v) is 20.1. The summed E-state index contributed by atoms with van der Waals surface area (Å²) in [4.78, 5) is 29.7. The molecule has 2 aromatic heterocycles. The fourth-order valence-corrected chi connectivity index (χ4v) is 6.03. The van der Waals surface area contributed by atoms with E-state index in [9.17, 15) is 14.5 Å². The lowest BCUT2D eigenvalue weighted by molar-refractivity contribution is -0.384. The molecule has 2 heterocycles. The third-order valence-corrected chi connectivity index (χ3v) is 9.76. The van der Waals surface area contributed by atoms with Gasteiger partial charge in [-0.1, -0.05) is 31.4 Å². The van der Waals surface area contributed by atoms with Crippen molar-refractivity contribution in [1.29, 1.82) is 0 Å². The monoisotopic (exact) mass is 682 g/mol. The quantitative estimate of drug-likeness (QED) is 0.0439. The van der Waals surface area contributed by atoms with Crippen LogP contribution in [0.1, 0.15) is 0 Å². The van der Waals surface area contributed by atoms with Crippen molar-refractivity contribution in [3.05, 3.63) is 64.6 Å². The molecule has 12 nitrogen and oxygen atoms in total. The molecule has 1 N–H and O–H groups in total. The van der Waals surface area contributed by atoms with E-state index in [-0.39, 0.29) is 24.2 Å². The van der Waals surface area contributed by atoms with Crippen molar-refractivity contribution in [1.82, 2.24) is 24.4 Å². The second-order valence-electron chi connectivity index (χ2n) is 12.5. The third kappa shape index (κ3) is 9.28. The number of nitro benzene ring substituents is 1. The van der Waals surface area contributed by atoms with Crippen molar-refractivity contribution in [2.45, 2.75) is 37.6 Å². The highest BCUT2D eigenvalue weighted by Crippen LogP contribution is 2.40. The van der Waals surface area contributed by atoms with Gasteiger partial charge in [-0.25, -0.2) is 19.3 Å². The van der Waals surface area contributed by atoms with Gasteiger partial charge in [-0.3, -0.25) is 14.7 Å². The number of methoxy groups -OCH3 is 1. The Morgan fingerprint density at radius 3 is 2.43 bits per heavy atom. The Balaban J connectivity index is 1.76. The third-order valence-electron chi connectivity index (χ3n) is 7.38. The highest BCUT2D eigenvalue weighted by Gasteiger charge is 2.25. The highest BCUT2D eigenvalue weighted by atomic mass is 32.2. The summed E-state index contributed by atoms with van der Waals surface area (Å²) in [5, 5.41) is 16.0. The summed E-state index contributed by atoms with van der Waals surface area (Å²) in [5.41, 5.74) is 3.24. The molecule has 0 atom stereocenters. The zero-order valence-electron chi connectivity index (χ0n) is 28.2. The average Bonchev–Trinajstić information content (AvgIpc) is 3.40. The van der Waals surface area contributed by atoms with Crippen LogP contribution < -0.4 is 15.0 Å². The van der Waals surface area contributed by atoms with Crippen LogP contribution in [0.3, 0.4) is 0 Å². The molecule has 0 amide bonds. The molecule has 2 aromatic carbocycles. The Bertz CT molecular complexity index is 1680. The number of nitrogens with zero attached hydrogens (tertiary/aromatic N) is 7. The second-order valence-corrected chi connectivity index (χ2v) is 18.9. The van der Waals surface area contributed by atoms with E-state index in [4.69, 9.17) is 19.4 Å². The van der Waals surface area contributed by atoms with Crippen LogP contribution in [-0.2, 0) is 11.5 Å². The van der Waals surface area contributed by atoms with Gasteiger partial charge >= 0.3 is 0 Å². The fourth-order valence-electron chi connectivity index (χ4n) is 4.73. The zero-order chi connectivity index (χ0) is 34.3. The van der Waals surface area contributed by atoms with Crippen molar-refractivity contribution in [2.24, 2.45) is 0 Å². The standard InChI is InChI=1S/C32H43FN8O4SSi/c1-38(2)15-16-39(3)26-20-28(44-4)25(19-27(26)41(42)43)36-31-34-14-13-24(35-31)30-29(22-9-11-23(33)12-10-22)37-32(46-5)40(30)21-45-17-18-47(6,7)8/h9-14,19-20H,15-18,21H2,1-8H3,(H,34,35,36). The smallest absolute Gasteiger partial charge is 0.294 e. The number of imidazole rings is 1. The van der Waals surface area contributed by atoms with Crippen LogP contribution in [0.5, 0.6) is 5.75 Å². The van der Waals surface area contributed by atoms with Crippen LogP contribution in [0.2, 0.25) is 25.7 Å². The lowest BCUT2D eigenvalue weighted by atomic mass is 10.1. The lowest BCUT2D eigenvalue weighted by Gasteiger charge is -2.22. The minimum atomic E-state index is -1.31. The molecule has 0 aliphatic carbocycles.